The van der Waals surface area contributed by atoms with Gasteiger partial charge >= 0.3 is 0 Å². The van der Waals surface area contributed by atoms with Crippen LogP contribution in [0, 0.1) is 5.82 Å². The Hall–Kier alpha value is -2.93. The Morgan fingerprint density at radius 1 is 1.11 bits per heavy atom. The van der Waals surface area contributed by atoms with Crippen LogP contribution in [0.25, 0.3) is 0 Å². The number of benzene rings is 2. The van der Waals surface area contributed by atoms with Crippen molar-refractivity contribution < 1.29 is 23.5 Å². The molecular formula is C20H23FN2O4. The number of amides is 2. The summed E-state index contributed by atoms with van der Waals surface area (Å²) in [5.41, 5.74) is 1.62. The molecule has 2 amide bonds. The number of carbonyl (C=O) groups excluding carboxylic acids is 2. The lowest BCUT2D eigenvalue weighted by Gasteiger charge is -2.16. The van der Waals surface area contributed by atoms with Crippen molar-refractivity contribution in [3.05, 3.63) is 65.5 Å². The Morgan fingerprint density at radius 3 is 2.48 bits per heavy atom. The number of methoxy groups -OCH3 is 1. The van der Waals surface area contributed by atoms with Gasteiger partial charge in [-0.05, 0) is 35.4 Å². The molecule has 2 aromatic rings. The van der Waals surface area contributed by atoms with Crippen LogP contribution in [-0.2, 0) is 27.5 Å². The van der Waals surface area contributed by atoms with Gasteiger partial charge in [0.25, 0.3) is 0 Å². The first-order chi connectivity index (χ1) is 13.0. The summed E-state index contributed by atoms with van der Waals surface area (Å²) < 4.78 is 23.7. The van der Waals surface area contributed by atoms with Crippen molar-refractivity contribution >= 4 is 11.8 Å². The summed E-state index contributed by atoms with van der Waals surface area (Å²) in [4.78, 5) is 23.3. The SMILES string of the molecule is COCC(NC(C)=O)C(=O)NCc1ccc(OCc2cccc(F)c2)cc1. The fourth-order valence-corrected chi connectivity index (χ4v) is 2.40. The van der Waals surface area contributed by atoms with E-state index in [1.807, 2.05) is 12.1 Å². The molecule has 2 rings (SSSR count). The first-order valence-corrected chi connectivity index (χ1v) is 8.48. The Balaban J connectivity index is 1.84. The van der Waals surface area contributed by atoms with E-state index in [0.717, 1.165) is 11.1 Å². The maximum absolute atomic E-state index is 13.1. The summed E-state index contributed by atoms with van der Waals surface area (Å²) in [5.74, 6) is -0.274. The zero-order chi connectivity index (χ0) is 19.6. The lowest BCUT2D eigenvalue weighted by atomic mass is 10.2. The second-order valence-electron chi connectivity index (χ2n) is 5.99. The van der Waals surface area contributed by atoms with Gasteiger partial charge in [-0.25, -0.2) is 4.39 Å². The predicted octanol–water partition coefficient (Wildman–Crippen LogP) is 2.17. The topological polar surface area (TPSA) is 76.7 Å². The summed E-state index contributed by atoms with van der Waals surface area (Å²) in [6.07, 6.45) is 0. The molecule has 0 saturated carbocycles. The van der Waals surface area contributed by atoms with Crippen LogP contribution >= 0.6 is 0 Å². The van der Waals surface area contributed by atoms with Crippen LogP contribution in [0.1, 0.15) is 18.1 Å². The van der Waals surface area contributed by atoms with E-state index in [1.165, 1.54) is 26.2 Å². The number of ether oxygens (including phenoxy) is 2. The highest BCUT2D eigenvalue weighted by atomic mass is 19.1. The molecule has 0 fully saturated rings. The van der Waals surface area contributed by atoms with Gasteiger partial charge in [0.05, 0.1) is 6.61 Å². The van der Waals surface area contributed by atoms with Crippen molar-refractivity contribution in [1.82, 2.24) is 10.6 Å². The molecule has 27 heavy (non-hydrogen) atoms. The van der Waals surface area contributed by atoms with Crippen molar-refractivity contribution in [1.29, 1.82) is 0 Å². The van der Waals surface area contributed by atoms with Gasteiger partial charge in [-0.1, -0.05) is 24.3 Å². The van der Waals surface area contributed by atoms with Crippen molar-refractivity contribution in [3.63, 3.8) is 0 Å². The van der Waals surface area contributed by atoms with Gasteiger partial charge in [0.15, 0.2) is 0 Å². The van der Waals surface area contributed by atoms with Crippen LogP contribution in [0.3, 0.4) is 0 Å². The molecule has 0 aliphatic heterocycles. The normalized spacial score (nSPS) is 11.5. The van der Waals surface area contributed by atoms with Gasteiger partial charge in [-0.3, -0.25) is 9.59 Å². The van der Waals surface area contributed by atoms with Crippen molar-refractivity contribution in [2.75, 3.05) is 13.7 Å². The van der Waals surface area contributed by atoms with Crippen molar-refractivity contribution in [2.24, 2.45) is 0 Å². The summed E-state index contributed by atoms with van der Waals surface area (Å²) in [6, 6.07) is 12.7. The molecule has 7 heteroatoms. The zero-order valence-electron chi connectivity index (χ0n) is 15.3. The lowest BCUT2D eigenvalue weighted by Crippen LogP contribution is -2.48. The summed E-state index contributed by atoms with van der Waals surface area (Å²) >= 11 is 0. The smallest absolute Gasteiger partial charge is 0.245 e. The first-order valence-electron chi connectivity index (χ1n) is 8.48. The fourth-order valence-electron chi connectivity index (χ4n) is 2.40. The fraction of sp³-hybridized carbons (Fsp3) is 0.300. The molecule has 0 bridgehead atoms. The number of halogens is 1. The predicted molar refractivity (Wildman–Crippen MR) is 98.5 cm³/mol. The molecule has 0 spiro atoms. The monoisotopic (exact) mass is 374 g/mol. The summed E-state index contributed by atoms with van der Waals surface area (Å²) in [5, 5.41) is 5.30. The third kappa shape index (κ3) is 7.07. The van der Waals surface area contributed by atoms with Crippen molar-refractivity contribution in [2.45, 2.75) is 26.1 Å². The van der Waals surface area contributed by atoms with Crippen LogP contribution in [0.2, 0.25) is 0 Å². The molecule has 0 aliphatic carbocycles. The highest BCUT2D eigenvalue weighted by Gasteiger charge is 2.18. The Kier molecular flexibility index (Phi) is 7.76. The largest absolute Gasteiger partial charge is 0.489 e. The molecule has 0 saturated heterocycles. The minimum absolute atomic E-state index is 0.0955. The van der Waals surface area contributed by atoms with Crippen LogP contribution in [0.4, 0.5) is 4.39 Å². The van der Waals surface area contributed by atoms with E-state index in [4.69, 9.17) is 9.47 Å². The Bertz CT molecular complexity index is 765. The molecule has 0 heterocycles. The molecule has 2 aromatic carbocycles. The van der Waals surface area contributed by atoms with Gasteiger partial charge in [0, 0.05) is 20.6 Å². The molecule has 1 unspecified atom stereocenters. The Morgan fingerprint density at radius 2 is 1.85 bits per heavy atom. The van der Waals surface area contributed by atoms with E-state index in [1.54, 1.807) is 24.3 Å². The van der Waals surface area contributed by atoms with Crippen LogP contribution in [0.15, 0.2) is 48.5 Å². The second kappa shape index (κ2) is 10.3. The van der Waals surface area contributed by atoms with E-state index >= 15 is 0 Å². The minimum Gasteiger partial charge on any atom is -0.489 e. The van der Waals surface area contributed by atoms with E-state index in [-0.39, 0.29) is 30.8 Å². The zero-order valence-corrected chi connectivity index (χ0v) is 15.3. The van der Waals surface area contributed by atoms with Gasteiger partial charge in [-0.15, -0.1) is 0 Å². The van der Waals surface area contributed by atoms with Crippen LogP contribution in [0.5, 0.6) is 5.75 Å². The van der Waals surface area contributed by atoms with Crippen molar-refractivity contribution in [3.8, 4) is 5.75 Å². The van der Waals surface area contributed by atoms with E-state index < -0.39 is 6.04 Å². The molecular weight excluding hydrogens is 351 g/mol. The van der Waals surface area contributed by atoms with Gasteiger partial charge in [0.2, 0.25) is 11.8 Å². The molecule has 1 atom stereocenters. The standard InChI is InChI=1S/C20H23FN2O4/c1-14(24)23-19(13-26-2)20(25)22-11-15-6-8-18(9-7-15)27-12-16-4-3-5-17(21)10-16/h3-10,19H,11-13H2,1-2H3,(H,22,25)(H,23,24). The summed E-state index contributed by atoms with van der Waals surface area (Å²) in [6.45, 7) is 2.02. The highest BCUT2D eigenvalue weighted by molar-refractivity contribution is 5.86. The molecule has 0 radical (unpaired) electrons. The maximum Gasteiger partial charge on any atom is 0.245 e. The second-order valence-corrected chi connectivity index (χ2v) is 5.99. The average Bonchev–Trinajstić information content (AvgIpc) is 2.64. The number of nitrogens with one attached hydrogen (secondary N) is 2. The number of hydrogen-bond donors (Lipinski definition) is 2. The van der Waals surface area contributed by atoms with E-state index in [9.17, 15) is 14.0 Å². The number of carbonyl (C=O) groups is 2. The maximum atomic E-state index is 13.1. The minimum atomic E-state index is -0.735. The molecule has 2 N–H and O–H groups in total. The lowest BCUT2D eigenvalue weighted by molar-refractivity contribution is -0.129. The number of hydrogen-bond acceptors (Lipinski definition) is 4. The average molecular weight is 374 g/mol. The van der Waals surface area contributed by atoms with Crippen LogP contribution in [-0.4, -0.2) is 31.6 Å². The van der Waals surface area contributed by atoms with E-state index in [2.05, 4.69) is 10.6 Å². The number of rotatable bonds is 9. The first kappa shape index (κ1) is 20.4. The third-order valence-corrected chi connectivity index (χ3v) is 3.71. The molecule has 0 aromatic heterocycles. The van der Waals surface area contributed by atoms with Gasteiger partial charge in [-0.2, -0.15) is 0 Å². The third-order valence-electron chi connectivity index (χ3n) is 3.71. The Labute approximate surface area is 157 Å². The quantitative estimate of drug-likeness (QED) is 0.705. The molecule has 0 aliphatic rings. The van der Waals surface area contributed by atoms with Gasteiger partial charge < -0.3 is 20.1 Å². The summed E-state index contributed by atoms with van der Waals surface area (Å²) in [7, 11) is 1.46. The van der Waals surface area contributed by atoms with Gasteiger partial charge in [0.1, 0.15) is 24.2 Å². The highest BCUT2D eigenvalue weighted by Crippen LogP contribution is 2.14. The van der Waals surface area contributed by atoms with Crippen LogP contribution < -0.4 is 15.4 Å². The van der Waals surface area contributed by atoms with E-state index in [0.29, 0.717) is 12.3 Å². The molecule has 6 nitrogen and oxygen atoms in total. The molecule has 144 valence electrons.